The van der Waals surface area contributed by atoms with Crippen molar-refractivity contribution in [2.75, 3.05) is 20.3 Å². The molecule has 1 saturated heterocycles. The van der Waals surface area contributed by atoms with Crippen molar-refractivity contribution < 1.29 is 19.0 Å². The van der Waals surface area contributed by atoms with Crippen LogP contribution >= 0.6 is 0 Å². The Morgan fingerprint density at radius 1 is 1.39 bits per heavy atom. The Kier molecular flexibility index (Phi) is 2.74. The third-order valence-corrected chi connectivity index (χ3v) is 3.58. The van der Waals surface area contributed by atoms with Gasteiger partial charge < -0.3 is 14.2 Å². The van der Waals surface area contributed by atoms with Gasteiger partial charge in [0, 0.05) is 12.7 Å². The van der Waals surface area contributed by atoms with Gasteiger partial charge in [0.25, 0.3) is 0 Å². The first-order valence-electron chi connectivity index (χ1n) is 6.20. The minimum atomic E-state index is -0.464. The van der Waals surface area contributed by atoms with Crippen molar-refractivity contribution in [1.82, 2.24) is 0 Å². The van der Waals surface area contributed by atoms with Crippen LogP contribution in [0.15, 0.2) is 18.2 Å². The topological polar surface area (TPSA) is 44.8 Å². The lowest BCUT2D eigenvalue weighted by Gasteiger charge is -2.40. The molecule has 1 spiro atoms. The van der Waals surface area contributed by atoms with E-state index in [0.717, 1.165) is 19.4 Å². The molecule has 1 aromatic rings. The maximum absolute atomic E-state index is 12.2. The van der Waals surface area contributed by atoms with Gasteiger partial charge >= 0.3 is 0 Å². The molecule has 1 fully saturated rings. The second kappa shape index (κ2) is 4.28. The fourth-order valence-corrected chi connectivity index (χ4v) is 2.65. The van der Waals surface area contributed by atoms with Crippen LogP contribution in [0.4, 0.5) is 0 Å². The molecule has 18 heavy (non-hydrogen) atoms. The highest BCUT2D eigenvalue weighted by molar-refractivity contribution is 6.00. The first-order chi connectivity index (χ1) is 8.72. The predicted molar refractivity (Wildman–Crippen MR) is 65.4 cm³/mol. The number of fused-ring (bicyclic) bond motifs is 1. The van der Waals surface area contributed by atoms with Gasteiger partial charge in [-0.05, 0) is 25.0 Å². The molecule has 0 aliphatic carbocycles. The maximum atomic E-state index is 12.2. The van der Waals surface area contributed by atoms with Gasteiger partial charge in [0.05, 0.1) is 25.7 Å². The van der Waals surface area contributed by atoms with E-state index in [9.17, 15) is 4.79 Å². The van der Waals surface area contributed by atoms with Gasteiger partial charge in [0.2, 0.25) is 0 Å². The molecule has 0 N–H and O–H groups in total. The molecular formula is C14H16O4. The highest BCUT2D eigenvalue weighted by Crippen LogP contribution is 2.39. The average Bonchev–Trinajstić information content (AvgIpc) is 2.38. The summed E-state index contributed by atoms with van der Waals surface area (Å²) < 4.78 is 16.7. The van der Waals surface area contributed by atoms with E-state index in [1.54, 1.807) is 25.3 Å². The van der Waals surface area contributed by atoms with Gasteiger partial charge in [0.15, 0.2) is 5.78 Å². The number of ether oxygens (including phenoxy) is 3. The van der Waals surface area contributed by atoms with Gasteiger partial charge in [-0.25, -0.2) is 0 Å². The lowest BCUT2D eigenvalue weighted by atomic mass is 9.86. The highest BCUT2D eigenvalue weighted by atomic mass is 16.5. The zero-order chi connectivity index (χ0) is 12.6. The molecule has 1 atom stereocenters. The van der Waals surface area contributed by atoms with Crippen LogP contribution in [0.3, 0.4) is 0 Å². The molecule has 2 aliphatic heterocycles. The molecule has 0 radical (unpaired) electrons. The van der Waals surface area contributed by atoms with Crippen LogP contribution in [0.1, 0.15) is 29.6 Å². The van der Waals surface area contributed by atoms with Crippen molar-refractivity contribution in [3.05, 3.63) is 23.8 Å². The molecule has 2 heterocycles. The Morgan fingerprint density at radius 2 is 2.28 bits per heavy atom. The van der Waals surface area contributed by atoms with Gasteiger partial charge in [-0.1, -0.05) is 0 Å². The maximum Gasteiger partial charge on any atom is 0.170 e. The smallest absolute Gasteiger partial charge is 0.170 e. The Balaban J connectivity index is 1.96. The number of benzene rings is 1. The molecule has 0 saturated carbocycles. The van der Waals surface area contributed by atoms with Crippen LogP contribution < -0.4 is 9.47 Å². The first-order valence-corrected chi connectivity index (χ1v) is 6.20. The molecule has 96 valence electrons. The number of carbonyl (C=O) groups excluding carboxylic acids is 1. The summed E-state index contributed by atoms with van der Waals surface area (Å²) in [6.07, 6.45) is 2.22. The summed E-state index contributed by atoms with van der Waals surface area (Å²) in [7, 11) is 1.60. The predicted octanol–water partition coefficient (Wildman–Crippen LogP) is 2.21. The first kappa shape index (κ1) is 11.5. The van der Waals surface area contributed by atoms with E-state index in [2.05, 4.69) is 0 Å². The zero-order valence-corrected chi connectivity index (χ0v) is 10.4. The van der Waals surface area contributed by atoms with Gasteiger partial charge in [0.1, 0.15) is 17.1 Å². The third-order valence-electron chi connectivity index (χ3n) is 3.58. The number of hydrogen-bond donors (Lipinski definition) is 0. The van der Waals surface area contributed by atoms with E-state index in [1.165, 1.54) is 0 Å². The number of carbonyl (C=O) groups is 1. The van der Waals surface area contributed by atoms with Gasteiger partial charge in [-0.15, -0.1) is 0 Å². The van der Waals surface area contributed by atoms with E-state index in [1.807, 2.05) is 0 Å². The minimum Gasteiger partial charge on any atom is -0.497 e. The summed E-state index contributed by atoms with van der Waals surface area (Å²) in [5.74, 6) is 1.45. The van der Waals surface area contributed by atoms with E-state index < -0.39 is 5.60 Å². The summed E-state index contributed by atoms with van der Waals surface area (Å²) in [5.41, 5.74) is 0.182. The molecule has 1 unspecified atom stereocenters. The quantitative estimate of drug-likeness (QED) is 0.764. The molecule has 4 heteroatoms. The van der Waals surface area contributed by atoms with E-state index in [4.69, 9.17) is 14.2 Å². The fraction of sp³-hybridized carbons (Fsp3) is 0.500. The molecular weight excluding hydrogens is 232 g/mol. The second-order valence-electron chi connectivity index (χ2n) is 4.90. The average molecular weight is 248 g/mol. The van der Waals surface area contributed by atoms with Crippen molar-refractivity contribution >= 4 is 5.78 Å². The van der Waals surface area contributed by atoms with Crippen LogP contribution in [-0.2, 0) is 4.74 Å². The van der Waals surface area contributed by atoms with Crippen LogP contribution in [-0.4, -0.2) is 31.7 Å². The highest BCUT2D eigenvalue weighted by Gasteiger charge is 2.42. The van der Waals surface area contributed by atoms with Crippen LogP contribution in [0.2, 0.25) is 0 Å². The number of hydrogen-bond acceptors (Lipinski definition) is 4. The number of ketones is 1. The van der Waals surface area contributed by atoms with Crippen LogP contribution in [0, 0.1) is 0 Å². The molecule has 1 aromatic carbocycles. The monoisotopic (exact) mass is 248 g/mol. The number of methoxy groups -OCH3 is 1. The van der Waals surface area contributed by atoms with Gasteiger partial charge in [-0.3, -0.25) is 4.79 Å². The summed E-state index contributed by atoms with van der Waals surface area (Å²) in [4.78, 5) is 12.2. The minimum absolute atomic E-state index is 0.129. The van der Waals surface area contributed by atoms with Gasteiger partial charge in [-0.2, -0.15) is 0 Å². The fourth-order valence-electron chi connectivity index (χ4n) is 2.65. The van der Waals surface area contributed by atoms with Crippen molar-refractivity contribution in [3.8, 4) is 11.5 Å². The second-order valence-corrected chi connectivity index (χ2v) is 4.90. The Labute approximate surface area is 106 Å². The largest absolute Gasteiger partial charge is 0.497 e. The van der Waals surface area contributed by atoms with Crippen molar-refractivity contribution in [2.45, 2.75) is 24.9 Å². The molecule has 0 aromatic heterocycles. The molecule has 4 nitrogen and oxygen atoms in total. The van der Waals surface area contributed by atoms with Crippen molar-refractivity contribution in [1.29, 1.82) is 0 Å². The Hall–Kier alpha value is -1.55. The zero-order valence-electron chi connectivity index (χ0n) is 10.4. The molecule has 2 aliphatic rings. The van der Waals surface area contributed by atoms with Crippen molar-refractivity contribution in [2.24, 2.45) is 0 Å². The number of rotatable bonds is 1. The molecule has 0 amide bonds. The molecule has 0 bridgehead atoms. The van der Waals surface area contributed by atoms with E-state index in [0.29, 0.717) is 30.1 Å². The van der Waals surface area contributed by atoms with E-state index >= 15 is 0 Å². The summed E-state index contributed by atoms with van der Waals surface area (Å²) in [6, 6.07) is 5.34. The lowest BCUT2D eigenvalue weighted by molar-refractivity contribution is -0.0716. The summed E-state index contributed by atoms with van der Waals surface area (Å²) in [5, 5.41) is 0. The standard InChI is InChI=1S/C14H16O4/c1-16-10-3-4-11-12(15)8-14(18-13(11)7-10)5-2-6-17-9-14/h3-4,7H,2,5-6,8-9H2,1H3. The van der Waals surface area contributed by atoms with Crippen LogP contribution in [0.25, 0.3) is 0 Å². The summed E-state index contributed by atoms with van der Waals surface area (Å²) in [6.45, 7) is 1.25. The van der Waals surface area contributed by atoms with Crippen molar-refractivity contribution in [3.63, 3.8) is 0 Å². The Bertz CT molecular complexity index is 475. The van der Waals surface area contributed by atoms with Crippen LogP contribution in [0.5, 0.6) is 11.5 Å². The number of Topliss-reactive ketones (excluding diaryl/α,β-unsaturated/α-hetero) is 1. The summed E-state index contributed by atoms with van der Waals surface area (Å²) >= 11 is 0. The Morgan fingerprint density at radius 3 is 3.00 bits per heavy atom. The van der Waals surface area contributed by atoms with E-state index in [-0.39, 0.29) is 5.78 Å². The lowest BCUT2D eigenvalue weighted by Crippen LogP contribution is -2.48. The normalized spacial score (nSPS) is 26.6. The molecule has 3 rings (SSSR count). The SMILES string of the molecule is COc1ccc2c(c1)OC1(CCCOC1)CC2=O. The third kappa shape index (κ3) is 1.86.